The molecule has 0 aliphatic carbocycles. The van der Waals surface area contributed by atoms with Crippen molar-refractivity contribution < 1.29 is 0 Å². The molecular weight excluding hydrogens is 230 g/mol. The summed E-state index contributed by atoms with van der Waals surface area (Å²) in [4.78, 5) is 20.0. The minimum atomic E-state index is -0.177. The summed E-state index contributed by atoms with van der Waals surface area (Å²) in [5.74, 6) is 6.58. The number of hydrogen-bond acceptors (Lipinski definition) is 5. The molecule has 0 spiro atoms. The highest BCUT2D eigenvalue weighted by Crippen LogP contribution is 2.21. The van der Waals surface area contributed by atoms with Gasteiger partial charge in [0.15, 0.2) is 0 Å². The highest BCUT2D eigenvalue weighted by atomic mass is 35.5. The summed E-state index contributed by atoms with van der Waals surface area (Å²) >= 11 is 6.02. The van der Waals surface area contributed by atoms with Crippen LogP contribution in [0.3, 0.4) is 0 Å². The SMILES string of the molecule is NNC1=NCCN(c2[nH]c(=O)ccc2Cl)C1. The van der Waals surface area contributed by atoms with Gasteiger partial charge in [0.05, 0.1) is 18.1 Å². The summed E-state index contributed by atoms with van der Waals surface area (Å²) in [5, 5.41) is 0.512. The molecule has 0 radical (unpaired) electrons. The van der Waals surface area contributed by atoms with E-state index in [2.05, 4.69) is 15.4 Å². The highest BCUT2D eigenvalue weighted by molar-refractivity contribution is 6.33. The zero-order valence-electron chi connectivity index (χ0n) is 8.53. The predicted molar refractivity (Wildman–Crippen MR) is 63.9 cm³/mol. The Bertz CT molecular complexity index is 469. The fraction of sp³-hybridized carbons (Fsp3) is 0.333. The summed E-state index contributed by atoms with van der Waals surface area (Å²) < 4.78 is 0. The van der Waals surface area contributed by atoms with Crippen LogP contribution in [0.2, 0.25) is 5.02 Å². The van der Waals surface area contributed by atoms with E-state index in [1.54, 1.807) is 6.07 Å². The zero-order chi connectivity index (χ0) is 11.5. The second kappa shape index (κ2) is 4.54. The van der Waals surface area contributed by atoms with Crippen molar-refractivity contribution in [3.63, 3.8) is 0 Å². The minimum absolute atomic E-state index is 0.177. The lowest BCUT2D eigenvalue weighted by atomic mass is 10.3. The Labute approximate surface area is 97.1 Å². The summed E-state index contributed by atoms with van der Waals surface area (Å²) in [6.07, 6.45) is 0. The normalized spacial score (nSPS) is 15.9. The standard InChI is InChI=1S/C9H12ClN5O/c10-6-1-2-8(16)13-9(6)15-4-3-12-7(5-15)14-11/h1-2H,3-5,11H2,(H,12,14)(H,13,16). The average molecular weight is 242 g/mol. The number of anilines is 1. The number of halogens is 1. The van der Waals surface area contributed by atoms with Crippen LogP contribution in [-0.4, -0.2) is 30.5 Å². The molecule has 0 amide bonds. The van der Waals surface area contributed by atoms with Crippen molar-refractivity contribution in [3.05, 3.63) is 27.5 Å². The lowest BCUT2D eigenvalue weighted by Gasteiger charge is -2.28. The minimum Gasteiger partial charge on any atom is -0.348 e. The number of H-pyrrole nitrogens is 1. The summed E-state index contributed by atoms with van der Waals surface area (Å²) in [5.41, 5.74) is 2.33. The third kappa shape index (κ3) is 2.17. The van der Waals surface area contributed by atoms with Gasteiger partial charge in [-0.3, -0.25) is 9.79 Å². The molecule has 1 aliphatic heterocycles. The van der Waals surface area contributed by atoms with E-state index in [4.69, 9.17) is 17.4 Å². The number of hydrazine groups is 1. The smallest absolute Gasteiger partial charge is 0.249 e. The highest BCUT2D eigenvalue weighted by Gasteiger charge is 2.16. The third-order valence-corrected chi connectivity index (χ3v) is 2.65. The molecule has 0 saturated carbocycles. The Morgan fingerprint density at radius 3 is 3.12 bits per heavy atom. The zero-order valence-corrected chi connectivity index (χ0v) is 9.29. The lowest BCUT2D eigenvalue weighted by Crippen LogP contribution is -2.45. The van der Waals surface area contributed by atoms with E-state index in [-0.39, 0.29) is 5.56 Å². The maximum atomic E-state index is 11.2. The Balaban J connectivity index is 2.28. The van der Waals surface area contributed by atoms with E-state index >= 15 is 0 Å². The van der Waals surface area contributed by atoms with Crippen molar-refractivity contribution in [1.82, 2.24) is 10.4 Å². The van der Waals surface area contributed by atoms with E-state index in [1.165, 1.54) is 6.07 Å². The number of nitrogens with one attached hydrogen (secondary N) is 2. The van der Waals surface area contributed by atoms with Gasteiger partial charge in [0.2, 0.25) is 5.56 Å². The van der Waals surface area contributed by atoms with Gasteiger partial charge in [0.1, 0.15) is 11.7 Å². The van der Waals surface area contributed by atoms with Crippen LogP contribution in [0.4, 0.5) is 5.82 Å². The summed E-state index contributed by atoms with van der Waals surface area (Å²) in [7, 11) is 0. The van der Waals surface area contributed by atoms with Crippen LogP contribution in [0.1, 0.15) is 0 Å². The molecule has 0 fully saturated rings. The first-order valence-corrected chi connectivity index (χ1v) is 5.22. The van der Waals surface area contributed by atoms with Gasteiger partial charge in [0.25, 0.3) is 0 Å². The van der Waals surface area contributed by atoms with Gasteiger partial charge in [0, 0.05) is 12.6 Å². The van der Waals surface area contributed by atoms with E-state index < -0.39 is 0 Å². The number of nitrogens with zero attached hydrogens (tertiary/aromatic N) is 2. The summed E-state index contributed by atoms with van der Waals surface area (Å²) in [6.45, 7) is 1.83. The number of amidine groups is 1. The molecule has 0 bridgehead atoms. The van der Waals surface area contributed by atoms with Crippen LogP contribution in [0, 0.1) is 0 Å². The van der Waals surface area contributed by atoms with Crippen molar-refractivity contribution in [2.75, 3.05) is 24.5 Å². The molecule has 6 nitrogen and oxygen atoms in total. The first-order chi connectivity index (χ1) is 7.70. The maximum absolute atomic E-state index is 11.2. The fourth-order valence-electron chi connectivity index (χ4n) is 1.57. The summed E-state index contributed by atoms with van der Waals surface area (Å²) in [6, 6.07) is 2.98. The van der Waals surface area contributed by atoms with Gasteiger partial charge in [-0.05, 0) is 6.07 Å². The molecule has 2 heterocycles. The Morgan fingerprint density at radius 2 is 2.38 bits per heavy atom. The average Bonchev–Trinajstić information content (AvgIpc) is 2.32. The predicted octanol–water partition coefficient (Wildman–Crippen LogP) is -0.290. The Kier molecular flexibility index (Phi) is 3.12. The van der Waals surface area contributed by atoms with E-state index in [0.717, 1.165) is 0 Å². The number of nitrogens with two attached hydrogens (primary N) is 1. The Hall–Kier alpha value is -1.53. The first kappa shape index (κ1) is 11.0. The number of rotatable bonds is 1. The monoisotopic (exact) mass is 241 g/mol. The van der Waals surface area contributed by atoms with Gasteiger partial charge in [-0.2, -0.15) is 0 Å². The third-order valence-electron chi connectivity index (χ3n) is 2.34. The van der Waals surface area contributed by atoms with Crippen LogP contribution in [0.25, 0.3) is 0 Å². The van der Waals surface area contributed by atoms with Crippen molar-refractivity contribution in [3.8, 4) is 0 Å². The number of pyridine rings is 1. The van der Waals surface area contributed by atoms with Gasteiger partial charge in [-0.25, -0.2) is 5.84 Å². The van der Waals surface area contributed by atoms with Crippen LogP contribution in [0.5, 0.6) is 0 Å². The lowest BCUT2D eigenvalue weighted by molar-refractivity contribution is 0.777. The van der Waals surface area contributed by atoms with Crippen LogP contribution in [-0.2, 0) is 0 Å². The molecule has 0 unspecified atom stereocenters. The number of hydrogen-bond donors (Lipinski definition) is 3. The molecule has 16 heavy (non-hydrogen) atoms. The molecule has 4 N–H and O–H groups in total. The van der Waals surface area contributed by atoms with Crippen molar-refractivity contribution in [2.45, 2.75) is 0 Å². The van der Waals surface area contributed by atoms with Gasteiger partial charge in [-0.1, -0.05) is 11.6 Å². The molecule has 7 heteroatoms. The molecule has 1 aromatic heterocycles. The maximum Gasteiger partial charge on any atom is 0.249 e. The first-order valence-electron chi connectivity index (χ1n) is 4.84. The molecule has 2 rings (SSSR count). The van der Waals surface area contributed by atoms with Gasteiger partial charge >= 0.3 is 0 Å². The molecule has 0 saturated heterocycles. The van der Waals surface area contributed by atoms with E-state index in [1.807, 2.05) is 4.90 Å². The molecule has 1 aliphatic rings. The van der Waals surface area contributed by atoms with Crippen molar-refractivity contribution in [1.29, 1.82) is 0 Å². The molecule has 0 aromatic carbocycles. The Morgan fingerprint density at radius 1 is 1.56 bits per heavy atom. The second-order valence-electron chi connectivity index (χ2n) is 3.41. The molecule has 0 atom stereocenters. The topological polar surface area (TPSA) is 86.5 Å². The number of aliphatic imine (C=N–C) groups is 1. The van der Waals surface area contributed by atoms with Crippen molar-refractivity contribution >= 4 is 23.3 Å². The molecule has 86 valence electrons. The molecule has 1 aromatic rings. The van der Waals surface area contributed by atoms with Crippen LogP contribution in [0.15, 0.2) is 21.9 Å². The molecular formula is C9H12ClN5O. The van der Waals surface area contributed by atoms with Crippen LogP contribution >= 0.6 is 11.6 Å². The number of aromatic nitrogens is 1. The van der Waals surface area contributed by atoms with Crippen molar-refractivity contribution in [2.24, 2.45) is 10.8 Å². The van der Waals surface area contributed by atoms with Gasteiger partial charge in [-0.15, -0.1) is 0 Å². The van der Waals surface area contributed by atoms with Gasteiger partial charge < -0.3 is 15.3 Å². The van der Waals surface area contributed by atoms with E-state index in [9.17, 15) is 4.79 Å². The second-order valence-corrected chi connectivity index (χ2v) is 3.82. The van der Waals surface area contributed by atoms with Crippen LogP contribution < -0.4 is 21.7 Å². The largest absolute Gasteiger partial charge is 0.348 e. The quantitative estimate of drug-likeness (QED) is 0.466. The van der Waals surface area contributed by atoms with E-state index in [0.29, 0.717) is 36.3 Å². The fourth-order valence-corrected chi connectivity index (χ4v) is 1.80. The number of aromatic amines is 1.